The minimum absolute atomic E-state index is 0.166. The molecule has 0 unspecified atom stereocenters. The molecule has 2 amide bonds. The SMILES string of the molecule is CC(C)(C)[C@H](NC(=O)c1nn(Cc2ccc(F)cc2)c2ccccc12)C(=O)NCc1n[nH]c(C2CC2)n1. The fourth-order valence-corrected chi connectivity index (χ4v) is 4.25. The van der Waals surface area contributed by atoms with Crippen molar-refractivity contribution in [3.63, 3.8) is 0 Å². The van der Waals surface area contributed by atoms with Crippen molar-refractivity contribution in [2.45, 2.75) is 58.7 Å². The molecule has 4 aromatic rings. The van der Waals surface area contributed by atoms with Crippen LogP contribution < -0.4 is 10.6 Å². The minimum Gasteiger partial charge on any atom is -0.347 e. The van der Waals surface area contributed by atoms with Crippen molar-refractivity contribution in [1.82, 2.24) is 35.6 Å². The molecule has 5 rings (SSSR count). The molecule has 0 spiro atoms. The third kappa shape index (κ3) is 5.52. The highest BCUT2D eigenvalue weighted by molar-refractivity contribution is 6.06. The van der Waals surface area contributed by atoms with E-state index < -0.39 is 17.4 Å². The fraction of sp³-hybridized carbons (Fsp3) is 0.370. The molecule has 192 valence electrons. The Bertz CT molecular complexity index is 1430. The van der Waals surface area contributed by atoms with E-state index in [0.717, 1.165) is 29.7 Å². The quantitative estimate of drug-likeness (QED) is 0.339. The van der Waals surface area contributed by atoms with Gasteiger partial charge in [0.25, 0.3) is 5.91 Å². The molecule has 0 bridgehead atoms. The van der Waals surface area contributed by atoms with Crippen LogP contribution in [0.4, 0.5) is 4.39 Å². The lowest BCUT2D eigenvalue weighted by Gasteiger charge is -2.30. The molecule has 37 heavy (non-hydrogen) atoms. The Labute approximate surface area is 213 Å². The number of fused-ring (bicyclic) bond motifs is 1. The molecule has 3 N–H and O–H groups in total. The highest BCUT2D eigenvalue weighted by atomic mass is 19.1. The Balaban J connectivity index is 1.33. The summed E-state index contributed by atoms with van der Waals surface area (Å²) in [6.45, 7) is 6.21. The normalized spacial score (nSPS) is 14.5. The van der Waals surface area contributed by atoms with Crippen LogP contribution in [-0.2, 0) is 17.9 Å². The van der Waals surface area contributed by atoms with Crippen LogP contribution in [0.15, 0.2) is 48.5 Å². The van der Waals surface area contributed by atoms with E-state index >= 15 is 0 Å². The van der Waals surface area contributed by atoms with Crippen LogP contribution in [-0.4, -0.2) is 42.8 Å². The van der Waals surface area contributed by atoms with Gasteiger partial charge in [0.15, 0.2) is 11.5 Å². The van der Waals surface area contributed by atoms with E-state index in [2.05, 4.69) is 30.9 Å². The summed E-state index contributed by atoms with van der Waals surface area (Å²) in [5.41, 5.74) is 1.28. The van der Waals surface area contributed by atoms with Gasteiger partial charge in [0.2, 0.25) is 5.91 Å². The number of H-pyrrole nitrogens is 1. The van der Waals surface area contributed by atoms with Gasteiger partial charge in [0.05, 0.1) is 18.6 Å². The van der Waals surface area contributed by atoms with Crippen molar-refractivity contribution < 1.29 is 14.0 Å². The summed E-state index contributed by atoms with van der Waals surface area (Å²) < 4.78 is 15.1. The molecule has 2 aromatic heterocycles. The maximum absolute atomic E-state index is 13.4. The van der Waals surface area contributed by atoms with Crippen molar-refractivity contribution in [2.75, 3.05) is 0 Å². The maximum Gasteiger partial charge on any atom is 0.273 e. The van der Waals surface area contributed by atoms with Crippen molar-refractivity contribution in [2.24, 2.45) is 5.41 Å². The number of carbonyl (C=O) groups is 2. The smallest absolute Gasteiger partial charge is 0.273 e. The van der Waals surface area contributed by atoms with Crippen LogP contribution in [0, 0.1) is 11.2 Å². The van der Waals surface area contributed by atoms with Crippen LogP contribution in [0.25, 0.3) is 10.9 Å². The Kier molecular flexibility index (Phi) is 6.49. The van der Waals surface area contributed by atoms with Gasteiger partial charge >= 0.3 is 0 Å². The van der Waals surface area contributed by atoms with Gasteiger partial charge in [-0.15, -0.1) is 0 Å². The van der Waals surface area contributed by atoms with Gasteiger partial charge in [-0.2, -0.15) is 10.2 Å². The zero-order chi connectivity index (χ0) is 26.2. The number of para-hydroxylation sites is 1. The molecule has 1 aliphatic rings. The second-order valence-corrected chi connectivity index (χ2v) is 10.6. The predicted molar refractivity (Wildman–Crippen MR) is 136 cm³/mol. The van der Waals surface area contributed by atoms with Crippen LogP contribution in [0.1, 0.15) is 67.2 Å². The molecular weight excluding hydrogens is 473 g/mol. The molecule has 10 heteroatoms. The largest absolute Gasteiger partial charge is 0.347 e. The first-order valence-corrected chi connectivity index (χ1v) is 12.4. The van der Waals surface area contributed by atoms with Crippen LogP contribution >= 0.6 is 0 Å². The molecule has 0 radical (unpaired) electrons. The van der Waals surface area contributed by atoms with E-state index in [1.54, 1.807) is 16.8 Å². The highest BCUT2D eigenvalue weighted by Gasteiger charge is 2.34. The predicted octanol–water partition coefficient (Wildman–Crippen LogP) is 3.68. The summed E-state index contributed by atoms with van der Waals surface area (Å²) in [4.78, 5) is 31.1. The van der Waals surface area contributed by atoms with E-state index in [4.69, 9.17) is 0 Å². The monoisotopic (exact) mass is 503 g/mol. The molecule has 1 atom stereocenters. The summed E-state index contributed by atoms with van der Waals surface area (Å²) in [5.74, 6) is 0.725. The van der Waals surface area contributed by atoms with Crippen LogP contribution in [0.2, 0.25) is 0 Å². The average Bonchev–Trinajstić information content (AvgIpc) is 3.50. The average molecular weight is 504 g/mol. The molecule has 0 aliphatic heterocycles. The number of carbonyl (C=O) groups excluding carboxylic acids is 2. The Morgan fingerprint density at radius 1 is 1.14 bits per heavy atom. The Morgan fingerprint density at radius 3 is 2.57 bits per heavy atom. The first-order valence-electron chi connectivity index (χ1n) is 12.4. The third-order valence-electron chi connectivity index (χ3n) is 6.46. The minimum atomic E-state index is -0.817. The molecule has 2 heterocycles. The number of rotatable bonds is 8. The number of hydrogen-bond acceptors (Lipinski definition) is 5. The summed E-state index contributed by atoms with van der Waals surface area (Å²) in [7, 11) is 0. The number of halogens is 1. The summed E-state index contributed by atoms with van der Waals surface area (Å²) in [5, 5.41) is 18.1. The van der Waals surface area contributed by atoms with E-state index in [9.17, 15) is 14.0 Å². The number of amides is 2. The molecule has 0 saturated heterocycles. The summed E-state index contributed by atoms with van der Waals surface area (Å²) >= 11 is 0. The second-order valence-electron chi connectivity index (χ2n) is 10.6. The molecule has 1 aliphatic carbocycles. The zero-order valence-corrected chi connectivity index (χ0v) is 21.1. The molecular formula is C27H30FN7O2. The first-order chi connectivity index (χ1) is 17.7. The van der Waals surface area contributed by atoms with Crippen molar-refractivity contribution in [3.8, 4) is 0 Å². The number of aromatic nitrogens is 5. The number of aromatic amines is 1. The lowest BCUT2D eigenvalue weighted by Crippen LogP contribution is -2.53. The highest BCUT2D eigenvalue weighted by Crippen LogP contribution is 2.37. The van der Waals surface area contributed by atoms with Gasteiger partial charge in [-0.05, 0) is 42.0 Å². The van der Waals surface area contributed by atoms with E-state index in [1.165, 1.54) is 12.1 Å². The number of nitrogens with one attached hydrogen (secondary N) is 3. The van der Waals surface area contributed by atoms with Gasteiger partial charge in [0.1, 0.15) is 17.7 Å². The van der Waals surface area contributed by atoms with Gasteiger partial charge in [0, 0.05) is 11.3 Å². The summed E-state index contributed by atoms with van der Waals surface area (Å²) in [6, 6.07) is 12.8. The van der Waals surface area contributed by atoms with Crippen molar-refractivity contribution in [1.29, 1.82) is 0 Å². The van der Waals surface area contributed by atoms with Crippen LogP contribution in [0.5, 0.6) is 0 Å². The summed E-state index contributed by atoms with van der Waals surface area (Å²) in [6.07, 6.45) is 2.21. The van der Waals surface area contributed by atoms with Gasteiger partial charge in [-0.1, -0.05) is 51.1 Å². The van der Waals surface area contributed by atoms with E-state index in [0.29, 0.717) is 23.7 Å². The van der Waals surface area contributed by atoms with E-state index in [1.807, 2.05) is 45.0 Å². The number of benzene rings is 2. The standard InChI is InChI=1S/C27H30FN7O2/c1-27(2,3)23(26(37)29-14-21-30-24(33-32-21)17-10-11-17)31-25(36)22-19-6-4-5-7-20(19)35(34-22)15-16-8-12-18(28)13-9-16/h4-9,12-13,17,23H,10-11,14-15H2,1-3H3,(H,29,37)(H,31,36)(H,30,32,33)/t23-/m1/s1. The first kappa shape index (κ1) is 24.6. The van der Waals surface area contributed by atoms with Crippen molar-refractivity contribution >= 4 is 22.7 Å². The Morgan fingerprint density at radius 2 is 1.86 bits per heavy atom. The molecule has 1 fully saturated rings. The maximum atomic E-state index is 13.4. The molecule has 2 aromatic carbocycles. The number of nitrogens with zero attached hydrogens (tertiary/aromatic N) is 4. The molecule has 1 saturated carbocycles. The third-order valence-corrected chi connectivity index (χ3v) is 6.46. The van der Waals surface area contributed by atoms with Crippen molar-refractivity contribution in [3.05, 3.63) is 77.3 Å². The molecule has 9 nitrogen and oxygen atoms in total. The van der Waals surface area contributed by atoms with Gasteiger partial charge < -0.3 is 10.6 Å². The number of hydrogen-bond donors (Lipinski definition) is 3. The lowest BCUT2D eigenvalue weighted by molar-refractivity contribution is -0.125. The zero-order valence-electron chi connectivity index (χ0n) is 21.1. The second kappa shape index (κ2) is 9.76. The Hall–Kier alpha value is -4.08. The fourth-order valence-electron chi connectivity index (χ4n) is 4.25. The van der Waals surface area contributed by atoms with Gasteiger partial charge in [-0.3, -0.25) is 19.4 Å². The van der Waals surface area contributed by atoms with Crippen LogP contribution in [0.3, 0.4) is 0 Å². The van der Waals surface area contributed by atoms with E-state index in [-0.39, 0.29) is 24.0 Å². The topological polar surface area (TPSA) is 118 Å². The lowest BCUT2D eigenvalue weighted by atomic mass is 9.86. The van der Waals surface area contributed by atoms with Gasteiger partial charge in [-0.25, -0.2) is 9.37 Å².